The van der Waals surface area contributed by atoms with Crippen LogP contribution in [0.15, 0.2) is 12.7 Å². The molecule has 0 heterocycles. The minimum atomic E-state index is 0.0834. The van der Waals surface area contributed by atoms with Crippen LogP contribution in [0.2, 0.25) is 0 Å². The smallest absolute Gasteiger partial charge is 0.225 e. The van der Waals surface area contributed by atoms with Crippen molar-refractivity contribution >= 4 is 5.91 Å². The summed E-state index contributed by atoms with van der Waals surface area (Å²) in [7, 11) is 0. The molecule has 0 aromatic carbocycles. The van der Waals surface area contributed by atoms with Gasteiger partial charge in [0.1, 0.15) is 0 Å². The van der Waals surface area contributed by atoms with Crippen LogP contribution in [0.5, 0.6) is 0 Å². The fourth-order valence-electron chi connectivity index (χ4n) is 1.58. The molecule has 1 unspecified atom stereocenters. The van der Waals surface area contributed by atoms with E-state index in [4.69, 9.17) is 5.73 Å². The van der Waals surface area contributed by atoms with Gasteiger partial charge in [0.2, 0.25) is 5.91 Å². The van der Waals surface area contributed by atoms with Crippen LogP contribution in [-0.2, 0) is 4.79 Å². The molecule has 0 fully saturated rings. The van der Waals surface area contributed by atoms with Crippen LogP contribution in [0.25, 0.3) is 0 Å². The Kier molecular flexibility index (Phi) is 8.01. The molecule has 1 atom stereocenters. The average Bonchev–Trinajstić information content (AvgIpc) is 2.24. The standard InChI is InChI=1S/C12H24N2O/c1-4-9-14(10-5-2)12(15)11(3)7-6-8-13/h4,11H,1,5-10,13H2,2-3H3. The third kappa shape index (κ3) is 5.57. The first-order chi connectivity index (χ1) is 7.17. The molecule has 0 radical (unpaired) electrons. The van der Waals surface area contributed by atoms with Crippen molar-refractivity contribution in [1.82, 2.24) is 4.90 Å². The summed E-state index contributed by atoms with van der Waals surface area (Å²) in [6, 6.07) is 0. The minimum absolute atomic E-state index is 0.0834. The molecule has 0 aliphatic rings. The highest BCUT2D eigenvalue weighted by Crippen LogP contribution is 2.09. The van der Waals surface area contributed by atoms with E-state index in [9.17, 15) is 4.79 Å². The summed E-state index contributed by atoms with van der Waals surface area (Å²) in [4.78, 5) is 13.8. The van der Waals surface area contributed by atoms with Gasteiger partial charge in [-0.15, -0.1) is 6.58 Å². The zero-order valence-electron chi connectivity index (χ0n) is 10.0. The molecule has 88 valence electrons. The van der Waals surface area contributed by atoms with E-state index in [0.29, 0.717) is 13.1 Å². The van der Waals surface area contributed by atoms with Gasteiger partial charge in [0.15, 0.2) is 0 Å². The lowest BCUT2D eigenvalue weighted by Crippen LogP contribution is -2.36. The molecule has 3 nitrogen and oxygen atoms in total. The van der Waals surface area contributed by atoms with E-state index < -0.39 is 0 Å². The van der Waals surface area contributed by atoms with Crippen molar-refractivity contribution in [1.29, 1.82) is 0 Å². The van der Waals surface area contributed by atoms with Crippen molar-refractivity contribution in [3.63, 3.8) is 0 Å². The van der Waals surface area contributed by atoms with Crippen LogP contribution in [0.1, 0.15) is 33.1 Å². The summed E-state index contributed by atoms with van der Waals surface area (Å²) in [5, 5.41) is 0. The summed E-state index contributed by atoms with van der Waals surface area (Å²) in [5.74, 6) is 0.310. The highest BCUT2D eigenvalue weighted by atomic mass is 16.2. The molecule has 0 aromatic rings. The van der Waals surface area contributed by atoms with Crippen LogP contribution in [-0.4, -0.2) is 30.4 Å². The Bertz CT molecular complexity index is 192. The van der Waals surface area contributed by atoms with E-state index in [1.54, 1.807) is 6.08 Å². The van der Waals surface area contributed by atoms with Gasteiger partial charge in [-0.2, -0.15) is 0 Å². The number of rotatable bonds is 8. The Morgan fingerprint density at radius 1 is 1.60 bits per heavy atom. The van der Waals surface area contributed by atoms with Gasteiger partial charge in [-0.1, -0.05) is 19.9 Å². The predicted molar refractivity (Wildman–Crippen MR) is 64.5 cm³/mol. The van der Waals surface area contributed by atoms with Gasteiger partial charge in [0, 0.05) is 19.0 Å². The maximum Gasteiger partial charge on any atom is 0.225 e. The summed E-state index contributed by atoms with van der Waals surface area (Å²) >= 11 is 0. The zero-order valence-corrected chi connectivity index (χ0v) is 10.0. The SMILES string of the molecule is C=CCN(CCC)C(=O)C(C)CCCN. The fraction of sp³-hybridized carbons (Fsp3) is 0.750. The van der Waals surface area contributed by atoms with Gasteiger partial charge >= 0.3 is 0 Å². The number of hydrogen-bond donors (Lipinski definition) is 1. The first kappa shape index (κ1) is 14.2. The second kappa shape index (κ2) is 8.48. The van der Waals surface area contributed by atoms with Crippen LogP contribution < -0.4 is 5.73 Å². The van der Waals surface area contributed by atoms with E-state index in [1.165, 1.54) is 0 Å². The van der Waals surface area contributed by atoms with Crippen molar-refractivity contribution in [3.05, 3.63) is 12.7 Å². The average molecular weight is 212 g/mol. The Labute approximate surface area is 93.3 Å². The third-order valence-corrected chi connectivity index (χ3v) is 2.42. The largest absolute Gasteiger partial charge is 0.339 e. The quantitative estimate of drug-likeness (QED) is 0.623. The number of amides is 1. The summed E-state index contributed by atoms with van der Waals surface area (Å²) < 4.78 is 0. The lowest BCUT2D eigenvalue weighted by Gasteiger charge is -2.24. The van der Waals surface area contributed by atoms with Crippen molar-refractivity contribution in [3.8, 4) is 0 Å². The number of nitrogens with zero attached hydrogens (tertiary/aromatic N) is 1. The van der Waals surface area contributed by atoms with Crippen LogP contribution >= 0.6 is 0 Å². The summed E-state index contributed by atoms with van der Waals surface area (Å²) in [6.45, 7) is 9.86. The zero-order chi connectivity index (χ0) is 11.7. The Hall–Kier alpha value is -0.830. The molecule has 0 rings (SSSR count). The Morgan fingerprint density at radius 3 is 2.73 bits per heavy atom. The highest BCUT2D eigenvalue weighted by molar-refractivity contribution is 5.78. The molecular formula is C12H24N2O. The van der Waals surface area contributed by atoms with E-state index in [0.717, 1.165) is 25.8 Å². The first-order valence-electron chi connectivity index (χ1n) is 5.77. The van der Waals surface area contributed by atoms with Crippen molar-refractivity contribution < 1.29 is 4.79 Å². The van der Waals surface area contributed by atoms with E-state index in [1.807, 2.05) is 11.8 Å². The van der Waals surface area contributed by atoms with Gasteiger partial charge in [-0.3, -0.25) is 4.79 Å². The molecule has 3 heteroatoms. The maximum atomic E-state index is 12.0. The third-order valence-electron chi connectivity index (χ3n) is 2.42. The molecule has 15 heavy (non-hydrogen) atoms. The molecule has 0 bridgehead atoms. The lowest BCUT2D eigenvalue weighted by molar-refractivity contribution is -0.134. The molecule has 2 N–H and O–H groups in total. The van der Waals surface area contributed by atoms with Crippen molar-refractivity contribution in [2.45, 2.75) is 33.1 Å². The fourth-order valence-corrected chi connectivity index (χ4v) is 1.58. The van der Waals surface area contributed by atoms with Gasteiger partial charge in [-0.25, -0.2) is 0 Å². The second-order valence-electron chi connectivity index (χ2n) is 3.90. The molecular weight excluding hydrogens is 188 g/mol. The molecule has 0 saturated heterocycles. The Balaban J connectivity index is 4.14. The molecule has 1 amide bonds. The van der Waals surface area contributed by atoms with Gasteiger partial charge in [-0.05, 0) is 25.8 Å². The topological polar surface area (TPSA) is 46.3 Å². The van der Waals surface area contributed by atoms with Gasteiger partial charge in [0.05, 0.1) is 0 Å². The molecule has 0 saturated carbocycles. The first-order valence-corrected chi connectivity index (χ1v) is 5.77. The molecule has 0 spiro atoms. The van der Waals surface area contributed by atoms with Crippen LogP contribution in [0.4, 0.5) is 0 Å². The summed E-state index contributed by atoms with van der Waals surface area (Å²) in [5.41, 5.74) is 5.43. The number of nitrogens with two attached hydrogens (primary N) is 1. The predicted octanol–water partition coefficient (Wildman–Crippen LogP) is 1.79. The normalized spacial score (nSPS) is 12.2. The maximum absolute atomic E-state index is 12.0. The molecule has 0 aliphatic carbocycles. The van der Waals surface area contributed by atoms with Gasteiger partial charge in [0.25, 0.3) is 0 Å². The number of carbonyl (C=O) groups excluding carboxylic acids is 1. The van der Waals surface area contributed by atoms with E-state index >= 15 is 0 Å². The molecule has 0 aromatic heterocycles. The van der Waals surface area contributed by atoms with Gasteiger partial charge < -0.3 is 10.6 Å². The molecule has 0 aliphatic heterocycles. The van der Waals surface area contributed by atoms with Crippen molar-refractivity contribution in [2.24, 2.45) is 11.7 Å². The lowest BCUT2D eigenvalue weighted by atomic mass is 10.0. The monoisotopic (exact) mass is 212 g/mol. The summed E-state index contributed by atoms with van der Waals surface area (Å²) in [6.07, 6.45) is 4.57. The van der Waals surface area contributed by atoms with E-state index in [2.05, 4.69) is 13.5 Å². The second-order valence-corrected chi connectivity index (χ2v) is 3.90. The van der Waals surface area contributed by atoms with E-state index in [-0.39, 0.29) is 11.8 Å². The van der Waals surface area contributed by atoms with Crippen LogP contribution in [0, 0.1) is 5.92 Å². The highest BCUT2D eigenvalue weighted by Gasteiger charge is 2.18. The van der Waals surface area contributed by atoms with Crippen molar-refractivity contribution in [2.75, 3.05) is 19.6 Å². The number of carbonyl (C=O) groups is 1. The minimum Gasteiger partial charge on any atom is -0.339 e. The Morgan fingerprint density at radius 2 is 2.27 bits per heavy atom. The number of hydrogen-bond acceptors (Lipinski definition) is 2. The van der Waals surface area contributed by atoms with Crippen LogP contribution in [0.3, 0.4) is 0 Å².